The third-order valence-electron chi connectivity index (χ3n) is 3.86. The molecule has 0 radical (unpaired) electrons. The number of hydrogen-bond donors (Lipinski definition) is 2. The Morgan fingerprint density at radius 2 is 1.96 bits per heavy atom. The topological polar surface area (TPSA) is 92.3 Å². The molecule has 0 spiro atoms. The molecule has 1 amide bonds. The van der Waals surface area contributed by atoms with E-state index in [-0.39, 0.29) is 29.5 Å². The summed E-state index contributed by atoms with van der Waals surface area (Å²) in [6, 6.07) is 8.18. The minimum Gasteiger partial charge on any atom is -0.326 e. The third-order valence-corrected chi connectivity index (χ3v) is 5.26. The van der Waals surface area contributed by atoms with Crippen LogP contribution in [0.5, 0.6) is 0 Å². The molecule has 0 fully saturated rings. The molecule has 2 aromatic rings. The van der Waals surface area contributed by atoms with Gasteiger partial charge >= 0.3 is 0 Å². The van der Waals surface area contributed by atoms with E-state index in [1.54, 1.807) is 6.07 Å². The molecule has 0 aromatic heterocycles. The summed E-state index contributed by atoms with van der Waals surface area (Å²) in [7, 11) is -4.18. The molecule has 0 atom stereocenters. The Kier molecular flexibility index (Phi) is 4.30. The molecule has 1 aliphatic rings. The van der Waals surface area contributed by atoms with Gasteiger partial charge in [0.1, 0.15) is 10.7 Å². The van der Waals surface area contributed by atoms with Crippen LogP contribution in [0.25, 0.3) is 0 Å². The van der Waals surface area contributed by atoms with Gasteiger partial charge in [-0.2, -0.15) is 0 Å². The van der Waals surface area contributed by atoms with Crippen molar-refractivity contribution in [2.75, 3.05) is 10.0 Å². The van der Waals surface area contributed by atoms with Crippen molar-refractivity contribution in [3.8, 4) is 0 Å². The Bertz CT molecular complexity index is 986. The SMILES string of the molecule is CC(=O)c1cccc(NS(=O)(=O)c2cc3c(cc2F)NC(=O)CC3)c1. The average Bonchev–Trinajstić information content (AvgIpc) is 2.53. The first-order chi connectivity index (χ1) is 11.8. The summed E-state index contributed by atoms with van der Waals surface area (Å²) in [4.78, 5) is 22.3. The molecule has 0 saturated carbocycles. The van der Waals surface area contributed by atoms with Gasteiger partial charge in [-0.25, -0.2) is 12.8 Å². The molecule has 2 N–H and O–H groups in total. The van der Waals surface area contributed by atoms with Crippen LogP contribution in [0.1, 0.15) is 29.3 Å². The highest BCUT2D eigenvalue weighted by Gasteiger charge is 2.24. The number of nitrogens with one attached hydrogen (secondary N) is 2. The van der Waals surface area contributed by atoms with Crippen LogP contribution in [0, 0.1) is 5.82 Å². The van der Waals surface area contributed by atoms with Crippen molar-refractivity contribution >= 4 is 33.1 Å². The first-order valence-electron chi connectivity index (χ1n) is 7.52. The lowest BCUT2D eigenvalue weighted by Gasteiger charge is -2.18. The first kappa shape index (κ1) is 17.1. The summed E-state index contributed by atoms with van der Waals surface area (Å²) in [6.07, 6.45) is 0.552. The molecule has 8 heteroatoms. The lowest BCUT2D eigenvalue weighted by atomic mass is 10.0. The summed E-state index contributed by atoms with van der Waals surface area (Å²) >= 11 is 0. The fourth-order valence-corrected chi connectivity index (χ4v) is 3.76. The molecule has 6 nitrogen and oxygen atoms in total. The van der Waals surface area contributed by atoms with Crippen LogP contribution in [-0.2, 0) is 21.2 Å². The normalized spacial score (nSPS) is 13.8. The van der Waals surface area contributed by atoms with E-state index < -0.39 is 20.7 Å². The second-order valence-electron chi connectivity index (χ2n) is 5.73. The van der Waals surface area contributed by atoms with E-state index in [1.165, 1.54) is 31.2 Å². The maximum atomic E-state index is 14.3. The Balaban J connectivity index is 1.96. The smallest absolute Gasteiger partial charge is 0.264 e. The van der Waals surface area contributed by atoms with Crippen LogP contribution in [0.3, 0.4) is 0 Å². The molecule has 0 unspecified atom stereocenters. The van der Waals surface area contributed by atoms with Crippen LogP contribution in [0.15, 0.2) is 41.3 Å². The van der Waals surface area contributed by atoms with Crippen molar-refractivity contribution in [1.82, 2.24) is 0 Å². The minimum absolute atomic E-state index is 0.165. The van der Waals surface area contributed by atoms with Crippen LogP contribution in [0.4, 0.5) is 15.8 Å². The van der Waals surface area contributed by atoms with Gasteiger partial charge in [0.05, 0.1) is 0 Å². The van der Waals surface area contributed by atoms with Crippen LogP contribution < -0.4 is 10.0 Å². The van der Waals surface area contributed by atoms with Gasteiger partial charge < -0.3 is 5.32 Å². The van der Waals surface area contributed by atoms with Gasteiger partial charge in [-0.15, -0.1) is 0 Å². The number of carbonyl (C=O) groups is 2. The summed E-state index contributed by atoms with van der Waals surface area (Å²) in [6.45, 7) is 1.37. The van der Waals surface area contributed by atoms with Crippen molar-refractivity contribution in [2.24, 2.45) is 0 Å². The highest BCUT2D eigenvalue weighted by molar-refractivity contribution is 7.92. The number of hydrogen-bond acceptors (Lipinski definition) is 4. The molecule has 1 heterocycles. The van der Waals surface area contributed by atoms with Crippen molar-refractivity contribution in [3.63, 3.8) is 0 Å². The monoisotopic (exact) mass is 362 g/mol. The summed E-state index contributed by atoms with van der Waals surface area (Å²) < 4.78 is 41.6. The molecule has 0 aliphatic carbocycles. The largest absolute Gasteiger partial charge is 0.326 e. The molecule has 0 bridgehead atoms. The summed E-state index contributed by atoms with van der Waals surface area (Å²) in [5, 5.41) is 2.52. The number of Topliss-reactive ketones (excluding diaryl/α,β-unsaturated/α-hetero) is 1. The van der Waals surface area contributed by atoms with E-state index in [0.717, 1.165) is 6.07 Å². The highest BCUT2D eigenvalue weighted by Crippen LogP contribution is 2.29. The van der Waals surface area contributed by atoms with E-state index in [0.29, 0.717) is 17.5 Å². The van der Waals surface area contributed by atoms with E-state index in [4.69, 9.17) is 0 Å². The fraction of sp³-hybridized carbons (Fsp3) is 0.176. The van der Waals surface area contributed by atoms with Crippen molar-refractivity contribution in [1.29, 1.82) is 0 Å². The molecule has 1 aliphatic heterocycles. The molecule has 2 aromatic carbocycles. The number of amides is 1. The number of carbonyl (C=O) groups excluding carboxylic acids is 2. The van der Waals surface area contributed by atoms with Gasteiger partial charge in [-0.05, 0) is 43.2 Å². The zero-order chi connectivity index (χ0) is 18.2. The maximum absolute atomic E-state index is 14.3. The predicted molar refractivity (Wildman–Crippen MR) is 90.6 cm³/mol. The number of anilines is 2. The van der Waals surface area contributed by atoms with Crippen LogP contribution >= 0.6 is 0 Å². The standard InChI is InChI=1S/C17H15FN2O4S/c1-10(21)11-3-2-4-13(7-11)20-25(23,24)16-8-12-5-6-17(22)19-15(12)9-14(16)18/h2-4,7-9,20H,5-6H2,1H3,(H,19,22). The second kappa shape index (κ2) is 6.29. The molecular weight excluding hydrogens is 347 g/mol. The zero-order valence-corrected chi connectivity index (χ0v) is 14.1. The number of aryl methyl sites for hydroxylation is 1. The predicted octanol–water partition coefficient (Wildman–Crippen LogP) is 2.71. The number of fused-ring (bicyclic) bond motifs is 1. The minimum atomic E-state index is -4.18. The van der Waals surface area contributed by atoms with Gasteiger partial charge in [0.2, 0.25) is 5.91 Å². The van der Waals surface area contributed by atoms with Crippen molar-refractivity contribution < 1.29 is 22.4 Å². The van der Waals surface area contributed by atoms with E-state index in [1.807, 2.05) is 0 Å². The number of halogens is 1. The molecular formula is C17H15FN2O4S. The quantitative estimate of drug-likeness (QED) is 0.818. The van der Waals surface area contributed by atoms with Gasteiger partial charge in [0.15, 0.2) is 5.78 Å². The first-order valence-corrected chi connectivity index (χ1v) is 9.01. The maximum Gasteiger partial charge on any atom is 0.264 e. The van der Waals surface area contributed by atoms with Crippen LogP contribution in [0.2, 0.25) is 0 Å². The number of ketones is 1. The van der Waals surface area contributed by atoms with Crippen LogP contribution in [-0.4, -0.2) is 20.1 Å². The number of benzene rings is 2. The van der Waals surface area contributed by atoms with Crippen molar-refractivity contribution in [3.05, 3.63) is 53.3 Å². The van der Waals surface area contributed by atoms with Gasteiger partial charge in [-0.3, -0.25) is 14.3 Å². The lowest BCUT2D eigenvalue weighted by molar-refractivity contribution is -0.116. The number of sulfonamides is 1. The Labute approximate surface area is 144 Å². The van der Waals surface area contributed by atoms with E-state index >= 15 is 0 Å². The fourth-order valence-electron chi connectivity index (χ4n) is 2.60. The molecule has 3 rings (SSSR count). The lowest BCUT2D eigenvalue weighted by Crippen LogP contribution is -2.21. The van der Waals surface area contributed by atoms with E-state index in [2.05, 4.69) is 10.0 Å². The Morgan fingerprint density at radius 3 is 2.68 bits per heavy atom. The molecule has 25 heavy (non-hydrogen) atoms. The van der Waals surface area contributed by atoms with Crippen molar-refractivity contribution in [2.45, 2.75) is 24.7 Å². The van der Waals surface area contributed by atoms with E-state index in [9.17, 15) is 22.4 Å². The summed E-state index contributed by atoms with van der Waals surface area (Å²) in [5.41, 5.74) is 1.34. The average molecular weight is 362 g/mol. The molecule has 130 valence electrons. The van der Waals surface area contributed by atoms with Gasteiger partial charge in [-0.1, -0.05) is 12.1 Å². The summed E-state index contributed by atoms with van der Waals surface area (Å²) in [5.74, 6) is -1.41. The second-order valence-corrected chi connectivity index (χ2v) is 7.38. The molecule has 0 saturated heterocycles. The number of rotatable bonds is 4. The third kappa shape index (κ3) is 3.53. The van der Waals surface area contributed by atoms with Gasteiger partial charge in [0.25, 0.3) is 10.0 Å². The highest BCUT2D eigenvalue weighted by atomic mass is 32.2. The zero-order valence-electron chi connectivity index (χ0n) is 13.3. The van der Waals surface area contributed by atoms with Gasteiger partial charge in [0, 0.05) is 23.4 Å². The Morgan fingerprint density at radius 1 is 1.20 bits per heavy atom. The Hall–Kier alpha value is -2.74.